The summed E-state index contributed by atoms with van der Waals surface area (Å²) in [6.07, 6.45) is 1.01. The Labute approximate surface area is 156 Å². The number of aromatic amines is 1. The summed E-state index contributed by atoms with van der Waals surface area (Å²) in [4.78, 5) is 18.4. The predicted octanol–water partition coefficient (Wildman–Crippen LogP) is 2.72. The summed E-state index contributed by atoms with van der Waals surface area (Å²) >= 11 is 7.03. The first-order chi connectivity index (χ1) is 12.1. The number of aromatic nitrogens is 3. The first kappa shape index (κ1) is 18.2. The minimum absolute atomic E-state index is 0.142. The molecule has 134 valence electrons. The number of carbonyl (C=O) groups is 1. The molecule has 1 fully saturated rings. The number of hydrogen-bond donors (Lipinski definition) is 1. The van der Waals surface area contributed by atoms with Crippen molar-refractivity contribution in [1.82, 2.24) is 19.7 Å². The number of nitrogens with one attached hydrogen (secondary N) is 1. The van der Waals surface area contributed by atoms with Gasteiger partial charge in [0.05, 0.1) is 13.8 Å². The van der Waals surface area contributed by atoms with Gasteiger partial charge in [0, 0.05) is 24.4 Å². The molecule has 0 amide bonds. The van der Waals surface area contributed by atoms with Gasteiger partial charge in [0.1, 0.15) is 5.25 Å². The van der Waals surface area contributed by atoms with Crippen molar-refractivity contribution in [2.45, 2.75) is 25.3 Å². The zero-order valence-electron chi connectivity index (χ0n) is 14.4. The predicted molar refractivity (Wildman–Crippen MR) is 102 cm³/mol. The lowest BCUT2D eigenvalue weighted by Crippen LogP contribution is -2.42. The average Bonchev–Trinajstić information content (AvgIpc) is 3.02. The van der Waals surface area contributed by atoms with Crippen molar-refractivity contribution in [3.8, 4) is 11.4 Å². The van der Waals surface area contributed by atoms with Gasteiger partial charge in [0.15, 0.2) is 5.82 Å². The number of aryl methyl sites for hydroxylation is 1. The van der Waals surface area contributed by atoms with Crippen molar-refractivity contribution >= 4 is 29.9 Å². The van der Waals surface area contributed by atoms with Gasteiger partial charge in [-0.1, -0.05) is 31.2 Å². The third kappa shape index (κ3) is 4.31. The van der Waals surface area contributed by atoms with Gasteiger partial charge in [0.2, 0.25) is 4.77 Å². The molecule has 3 rings (SSSR count). The lowest BCUT2D eigenvalue weighted by Gasteiger charge is -2.30. The smallest absolute Gasteiger partial charge is 0.320 e. The molecule has 0 aliphatic carbocycles. The average molecular weight is 379 g/mol. The van der Waals surface area contributed by atoms with Gasteiger partial charge in [-0.25, -0.2) is 4.68 Å². The van der Waals surface area contributed by atoms with Crippen LogP contribution in [0.4, 0.5) is 0 Å². The van der Waals surface area contributed by atoms with E-state index in [0.29, 0.717) is 18.0 Å². The van der Waals surface area contributed by atoms with Gasteiger partial charge in [0.25, 0.3) is 0 Å². The second-order valence-electron chi connectivity index (χ2n) is 5.93. The molecular formula is C17H22N4O2S2. The molecule has 25 heavy (non-hydrogen) atoms. The Morgan fingerprint density at radius 2 is 2.20 bits per heavy atom. The summed E-state index contributed by atoms with van der Waals surface area (Å²) in [5.41, 5.74) is 2.31. The second kappa shape index (κ2) is 8.16. The molecule has 0 radical (unpaired) electrons. The monoisotopic (exact) mass is 378 g/mol. The molecule has 0 spiro atoms. The molecule has 1 aromatic heterocycles. The first-order valence-electron chi connectivity index (χ1n) is 8.28. The van der Waals surface area contributed by atoms with E-state index >= 15 is 0 Å². The maximum Gasteiger partial charge on any atom is 0.320 e. The highest BCUT2D eigenvalue weighted by atomic mass is 32.2. The highest BCUT2D eigenvalue weighted by Gasteiger charge is 2.27. The fourth-order valence-electron chi connectivity index (χ4n) is 2.78. The highest BCUT2D eigenvalue weighted by Crippen LogP contribution is 2.21. The van der Waals surface area contributed by atoms with Gasteiger partial charge >= 0.3 is 5.97 Å². The van der Waals surface area contributed by atoms with Crippen LogP contribution in [0, 0.1) is 4.77 Å². The maximum atomic E-state index is 11.8. The van der Waals surface area contributed by atoms with Crippen LogP contribution in [-0.2, 0) is 22.6 Å². The van der Waals surface area contributed by atoms with Crippen LogP contribution in [0.25, 0.3) is 11.4 Å². The van der Waals surface area contributed by atoms with Crippen LogP contribution in [0.5, 0.6) is 0 Å². The molecule has 1 aromatic carbocycles. The number of H-pyrrole nitrogens is 1. The van der Waals surface area contributed by atoms with E-state index < -0.39 is 0 Å². The topological polar surface area (TPSA) is 63.1 Å². The van der Waals surface area contributed by atoms with Gasteiger partial charge in [-0.15, -0.1) is 11.8 Å². The van der Waals surface area contributed by atoms with E-state index in [1.54, 1.807) is 11.8 Å². The summed E-state index contributed by atoms with van der Waals surface area (Å²) in [6, 6.07) is 8.32. The van der Waals surface area contributed by atoms with Crippen LogP contribution in [0.2, 0.25) is 0 Å². The van der Waals surface area contributed by atoms with Crippen LogP contribution in [0.1, 0.15) is 12.5 Å². The Hall–Kier alpha value is -1.64. The quantitative estimate of drug-likeness (QED) is 0.638. The Bertz CT molecular complexity index is 785. The number of benzene rings is 1. The van der Waals surface area contributed by atoms with Crippen molar-refractivity contribution in [3.63, 3.8) is 0 Å². The van der Waals surface area contributed by atoms with Crippen molar-refractivity contribution in [2.75, 3.05) is 26.0 Å². The summed E-state index contributed by atoms with van der Waals surface area (Å²) in [6.45, 7) is 4.28. The molecule has 0 unspecified atom stereocenters. The molecule has 0 bridgehead atoms. The number of rotatable bonds is 5. The number of thioether (sulfide) groups is 1. The number of esters is 1. The van der Waals surface area contributed by atoms with Crippen LogP contribution in [-0.4, -0.2) is 56.8 Å². The standard InChI is InChI=1S/C17H22N4O2S2/c1-3-12-4-6-13(7-5-12)15-18-17(24)21(19-15)11-20-8-9-25-14(10-20)16(22)23-2/h4-7,14H,3,8-11H2,1-2H3,(H,18,19,24)/t14-/m1/s1. The number of carbonyl (C=O) groups excluding carboxylic acids is 1. The molecule has 1 aliphatic rings. The van der Waals surface area contributed by atoms with Gasteiger partial charge in [-0.05, 0) is 24.2 Å². The fourth-order valence-corrected chi connectivity index (χ4v) is 4.18. The van der Waals surface area contributed by atoms with E-state index in [1.165, 1.54) is 12.7 Å². The van der Waals surface area contributed by atoms with Crippen LogP contribution < -0.4 is 0 Å². The van der Waals surface area contributed by atoms with Crippen molar-refractivity contribution < 1.29 is 9.53 Å². The third-order valence-corrected chi connectivity index (χ3v) is 5.74. The Balaban J connectivity index is 1.72. The van der Waals surface area contributed by atoms with Crippen LogP contribution >= 0.6 is 24.0 Å². The fraction of sp³-hybridized carbons (Fsp3) is 0.471. The Morgan fingerprint density at radius 3 is 2.88 bits per heavy atom. The number of ether oxygens (including phenoxy) is 1. The molecule has 8 heteroatoms. The van der Waals surface area contributed by atoms with Gasteiger partial charge in [-0.3, -0.25) is 14.8 Å². The van der Waals surface area contributed by atoms with Crippen molar-refractivity contribution in [2.24, 2.45) is 0 Å². The summed E-state index contributed by atoms with van der Waals surface area (Å²) in [5.74, 6) is 1.50. The van der Waals surface area contributed by atoms with E-state index in [0.717, 1.165) is 30.1 Å². The lowest BCUT2D eigenvalue weighted by molar-refractivity contribution is -0.140. The molecule has 2 aromatic rings. The summed E-state index contributed by atoms with van der Waals surface area (Å²) in [5, 5.41) is 3.14. The second-order valence-corrected chi connectivity index (χ2v) is 7.61. The van der Waals surface area contributed by atoms with Crippen LogP contribution in [0.3, 0.4) is 0 Å². The SMILES string of the molecule is CCc1ccc(-c2nc(=S)n(CN3CCS[C@@H](C(=O)OC)C3)[nH]2)cc1. The van der Waals surface area contributed by atoms with E-state index in [2.05, 4.69) is 46.2 Å². The van der Waals surface area contributed by atoms with E-state index in [-0.39, 0.29) is 11.2 Å². The van der Waals surface area contributed by atoms with E-state index in [4.69, 9.17) is 17.0 Å². The molecule has 1 saturated heterocycles. The summed E-state index contributed by atoms with van der Waals surface area (Å²) in [7, 11) is 1.43. The largest absolute Gasteiger partial charge is 0.468 e. The molecule has 1 aliphatic heterocycles. The minimum atomic E-state index is -0.167. The van der Waals surface area contributed by atoms with Crippen molar-refractivity contribution in [3.05, 3.63) is 34.6 Å². The maximum absolute atomic E-state index is 11.8. The third-order valence-electron chi connectivity index (χ3n) is 4.27. The normalized spacial score (nSPS) is 18.2. The zero-order chi connectivity index (χ0) is 17.8. The van der Waals surface area contributed by atoms with Gasteiger partial charge < -0.3 is 4.74 Å². The van der Waals surface area contributed by atoms with E-state index in [1.807, 2.05) is 4.68 Å². The number of hydrogen-bond acceptors (Lipinski definition) is 6. The molecular weight excluding hydrogens is 356 g/mol. The van der Waals surface area contributed by atoms with Crippen molar-refractivity contribution in [1.29, 1.82) is 0 Å². The highest BCUT2D eigenvalue weighted by molar-refractivity contribution is 8.00. The van der Waals surface area contributed by atoms with E-state index in [9.17, 15) is 4.79 Å². The lowest BCUT2D eigenvalue weighted by atomic mass is 10.1. The summed E-state index contributed by atoms with van der Waals surface area (Å²) < 4.78 is 7.22. The Kier molecular flexibility index (Phi) is 5.93. The molecule has 2 heterocycles. The van der Waals surface area contributed by atoms with Gasteiger partial charge in [-0.2, -0.15) is 4.98 Å². The number of nitrogens with zero attached hydrogens (tertiary/aromatic N) is 3. The minimum Gasteiger partial charge on any atom is -0.468 e. The molecule has 0 saturated carbocycles. The molecule has 1 atom stereocenters. The molecule has 6 nitrogen and oxygen atoms in total. The number of methoxy groups -OCH3 is 1. The molecule has 1 N–H and O–H groups in total. The zero-order valence-corrected chi connectivity index (χ0v) is 16.0. The first-order valence-corrected chi connectivity index (χ1v) is 9.74. The Morgan fingerprint density at radius 1 is 1.44 bits per heavy atom. The van der Waals surface area contributed by atoms with Crippen LogP contribution in [0.15, 0.2) is 24.3 Å².